The zero-order valence-corrected chi connectivity index (χ0v) is 12.5. The first-order valence-corrected chi connectivity index (χ1v) is 7.25. The van der Waals surface area contributed by atoms with E-state index in [4.69, 9.17) is 11.6 Å². The molecular weight excluding hydrogens is 320 g/mol. The van der Waals surface area contributed by atoms with E-state index in [1.165, 1.54) is 4.88 Å². The molecule has 0 saturated heterocycles. The van der Waals surface area contributed by atoms with Crippen LogP contribution in [0.1, 0.15) is 16.1 Å². The van der Waals surface area contributed by atoms with Crippen LogP contribution < -0.4 is 5.32 Å². The Kier molecular flexibility index (Phi) is 4.56. The number of hydrogen-bond acceptors (Lipinski definition) is 3. The fourth-order valence-electron chi connectivity index (χ4n) is 1.49. The van der Waals surface area contributed by atoms with Crippen LogP contribution in [0.3, 0.4) is 0 Å². The van der Waals surface area contributed by atoms with Crippen LogP contribution in [0.25, 0.3) is 0 Å². The molecule has 0 aliphatic rings. The minimum atomic E-state index is 0.760. The maximum atomic E-state index is 6.12. The lowest BCUT2D eigenvalue weighted by molar-refractivity contribution is 0.697. The van der Waals surface area contributed by atoms with Crippen LogP contribution in [0.4, 0.5) is 0 Å². The van der Waals surface area contributed by atoms with Crippen molar-refractivity contribution in [1.29, 1.82) is 0 Å². The first-order valence-electron chi connectivity index (χ1n) is 5.20. The van der Waals surface area contributed by atoms with Crippen molar-refractivity contribution < 1.29 is 0 Å². The van der Waals surface area contributed by atoms with Gasteiger partial charge in [-0.25, -0.2) is 4.98 Å². The summed E-state index contributed by atoms with van der Waals surface area (Å²) >= 11 is 11.2. The molecule has 0 radical (unpaired) electrons. The molecule has 1 heterocycles. The van der Waals surface area contributed by atoms with Gasteiger partial charge in [-0.05, 0) is 30.7 Å². The summed E-state index contributed by atoms with van der Waals surface area (Å²) in [5, 5.41) is 4.17. The minimum absolute atomic E-state index is 0.760. The number of halogens is 2. The van der Waals surface area contributed by atoms with Gasteiger partial charge >= 0.3 is 0 Å². The summed E-state index contributed by atoms with van der Waals surface area (Å²) in [6.07, 6.45) is 0. The maximum Gasteiger partial charge on any atom is 0.0798 e. The average Bonchev–Trinajstić information content (AvgIpc) is 2.70. The number of aromatic nitrogens is 1. The lowest BCUT2D eigenvalue weighted by atomic mass is 10.2. The zero-order valence-electron chi connectivity index (χ0n) is 9.34. The van der Waals surface area contributed by atoms with E-state index in [0.29, 0.717) is 0 Å². The molecule has 2 rings (SSSR count). The number of thiazole rings is 1. The van der Waals surface area contributed by atoms with Gasteiger partial charge in [0, 0.05) is 27.5 Å². The summed E-state index contributed by atoms with van der Waals surface area (Å²) in [5.74, 6) is 0. The topological polar surface area (TPSA) is 24.9 Å². The van der Waals surface area contributed by atoms with Crippen LogP contribution in [0.2, 0.25) is 5.02 Å². The van der Waals surface area contributed by atoms with Crippen molar-refractivity contribution in [3.05, 3.63) is 49.3 Å². The van der Waals surface area contributed by atoms with E-state index >= 15 is 0 Å². The standard InChI is InChI=1S/C12H12BrClN2S/c1-8-12(17-7-16-8)6-15-5-9-4-10(13)2-3-11(9)14/h2-4,7,15H,5-6H2,1H3. The van der Waals surface area contributed by atoms with Crippen LogP contribution in [-0.2, 0) is 13.1 Å². The summed E-state index contributed by atoms with van der Waals surface area (Å²) < 4.78 is 1.05. The van der Waals surface area contributed by atoms with E-state index in [2.05, 4.69) is 26.2 Å². The summed E-state index contributed by atoms with van der Waals surface area (Å²) in [4.78, 5) is 5.49. The molecule has 0 amide bonds. The molecule has 1 aromatic carbocycles. The fraction of sp³-hybridized carbons (Fsp3) is 0.250. The van der Waals surface area contributed by atoms with E-state index in [1.54, 1.807) is 11.3 Å². The van der Waals surface area contributed by atoms with Crippen LogP contribution in [-0.4, -0.2) is 4.98 Å². The van der Waals surface area contributed by atoms with Crippen molar-refractivity contribution in [3.8, 4) is 0 Å². The molecule has 0 fully saturated rings. The molecule has 0 aliphatic carbocycles. The molecule has 0 aliphatic heterocycles. The molecule has 2 nitrogen and oxygen atoms in total. The lowest BCUT2D eigenvalue weighted by Gasteiger charge is -2.06. The minimum Gasteiger partial charge on any atom is -0.308 e. The van der Waals surface area contributed by atoms with Crippen LogP contribution in [0.15, 0.2) is 28.2 Å². The molecule has 0 atom stereocenters. The molecule has 5 heteroatoms. The van der Waals surface area contributed by atoms with Gasteiger partial charge in [0.15, 0.2) is 0 Å². The first-order chi connectivity index (χ1) is 8.16. The Balaban J connectivity index is 1.94. The summed E-state index contributed by atoms with van der Waals surface area (Å²) in [6, 6.07) is 5.88. The van der Waals surface area contributed by atoms with Crippen molar-refractivity contribution in [2.45, 2.75) is 20.0 Å². The van der Waals surface area contributed by atoms with Gasteiger partial charge in [0.25, 0.3) is 0 Å². The van der Waals surface area contributed by atoms with Gasteiger partial charge in [-0.2, -0.15) is 0 Å². The van der Waals surface area contributed by atoms with Gasteiger partial charge in [0.1, 0.15) is 0 Å². The van der Waals surface area contributed by atoms with Gasteiger partial charge in [-0.1, -0.05) is 27.5 Å². The highest BCUT2D eigenvalue weighted by Gasteiger charge is 2.03. The predicted molar refractivity (Wildman–Crippen MR) is 76.5 cm³/mol. The molecule has 90 valence electrons. The Morgan fingerprint density at radius 1 is 1.41 bits per heavy atom. The van der Waals surface area contributed by atoms with Crippen molar-refractivity contribution in [3.63, 3.8) is 0 Å². The second-order valence-corrected chi connectivity index (χ2v) is 5.96. The number of nitrogens with zero attached hydrogens (tertiary/aromatic N) is 1. The first kappa shape index (κ1) is 13.0. The molecule has 0 spiro atoms. The highest BCUT2D eigenvalue weighted by molar-refractivity contribution is 9.10. The molecule has 0 saturated carbocycles. The number of rotatable bonds is 4. The molecule has 0 bridgehead atoms. The van der Waals surface area contributed by atoms with Gasteiger partial charge in [-0.3, -0.25) is 0 Å². The second-order valence-electron chi connectivity index (χ2n) is 3.70. The van der Waals surface area contributed by atoms with Gasteiger partial charge in [0.2, 0.25) is 0 Å². The normalized spacial score (nSPS) is 10.8. The fourth-order valence-corrected chi connectivity index (χ4v) is 2.82. The van der Waals surface area contributed by atoms with E-state index in [0.717, 1.165) is 33.8 Å². The number of benzene rings is 1. The van der Waals surface area contributed by atoms with Crippen molar-refractivity contribution in [1.82, 2.24) is 10.3 Å². The molecule has 0 unspecified atom stereocenters. The second kappa shape index (κ2) is 5.96. The summed E-state index contributed by atoms with van der Waals surface area (Å²) in [7, 11) is 0. The van der Waals surface area contributed by atoms with Crippen LogP contribution in [0.5, 0.6) is 0 Å². The van der Waals surface area contributed by atoms with E-state index in [1.807, 2.05) is 30.6 Å². The van der Waals surface area contributed by atoms with E-state index in [-0.39, 0.29) is 0 Å². The SMILES string of the molecule is Cc1ncsc1CNCc1cc(Br)ccc1Cl. The molecule has 1 aromatic heterocycles. The highest BCUT2D eigenvalue weighted by atomic mass is 79.9. The Labute approximate surface area is 118 Å². The Hall–Kier alpha value is -0.420. The third kappa shape index (κ3) is 3.52. The zero-order chi connectivity index (χ0) is 12.3. The number of nitrogens with one attached hydrogen (secondary N) is 1. The molecule has 2 aromatic rings. The summed E-state index contributed by atoms with van der Waals surface area (Å²) in [5.41, 5.74) is 4.07. The quantitative estimate of drug-likeness (QED) is 0.910. The van der Waals surface area contributed by atoms with Crippen molar-refractivity contribution in [2.75, 3.05) is 0 Å². The number of aryl methyl sites for hydroxylation is 1. The maximum absolute atomic E-state index is 6.12. The Morgan fingerprint density at radius 2 is 2.24 bits per heavy atom. The third-order valence-corrected chi connectivity index (χ3v) is 4.25. The highest BCUT2D eigenvalue weighted by Crippen LogP contribution is 2.21. The van der Waals surface area contributed by atoms with Crippen molar-refractivity contribution in [2.24, 2.45) is 0 Å². The average molecular weight is 332 g/mol. The van der Waals surface area contributed by atoms with E-state index in [9.17, 15) is 0 Å². The van der Waals surface area contributed by atoms with Crippen molar-refractivity contribution >= 4 is 38.9 Å². The predicted octanol–water partition coefficient (Wildman–Crippen LogP) is 4.16. The monoisotopic (exact) mass is 330 g/mol. The van der Waals surface area contributed by atoms with Crippen LogP contribution >= 0.6 is 38.9 Å². The molecule has 17 heavy (non-hydrogen) atoms. The molecule has 1 N–H and O–H groups in total. The smallest absolute Gasteiger partial charge is 0.0798 e. The lowest BCUT2D eigenvalue weighted by Crippen LogP contribution is -2.12. The van der Waals surface area contributed by atoms with Crippen LogP contribution in [0, 0.1) is 6.92 Å². The van der Waals surface area contributed by atoms with Gasteiger partial charge < -0.3 is 5.32 Å². The van der Waals surface area contributed by atoms with Gasteiger partial charge in [0.05, 0.1) is 11.2 Å². The Bertz CT molecular complexity index is 513. The number of hydrogen-bond donors (Lipinski definition) is 1. The summed E-state index contributed by atoms with van der Waals surface area (Å²) in [6.45, 7) is 3.62. The molecular formula is C12H12BrClN2S. The third-order valence-electron chi connectivity index (χ3n) is 2.45. The Morgan fingerprint density at radius 3 is 2.94 bits per heavy atom. The largest absolute Gasteiger partial charge is 0.308 e. The van der Waals surface area contributed by atoms with Gasteiger partial charge in [-0.15, -0.1) is 11.3 Å². The van der Waals surface area contributed by atoms with E-state index < -0.39 is 0 Å².